The van der Waals surface area contributed by atoms with Gasteiger partial charge in [-0.05, 0) is 24.6 Å². The number of pyridine rings is 1. The van der Waals surface area contributed by atoms with Gasteiger partial charge in [0.25, 0.3) is 0 Å². The Morgan fingerprint density at radius 3 is 2.80 bits per heavy atom. The Labute approximate surface area is 123 Å². The van der Waals surface area contributed by atoms with Gasteiger partial charge in [0, 0.05) is 29.9 Å². The van der Waals surface area contributed by atoms with Crippen LogP contribution in [0.25, 0.3) is 10.9 Å². The molecule has 0 aliphatic carbocycles. The van der Waals surface area contributed by atoms with Crippen LogP contribution < -0.4 is 16.6 Å². The van der Waals surface area contributed by atoms with Crippen molar-refractivity contribution in [3.63, 3.8) is 0 Å². The highest BCUT2D eigenvalue weighted by molar-refractivity contribution is 5.85. The zero-order valence-corrected chi connectivity index (χ0v) is 11.8. The van der Waals surface area contributed by atoms with E-state index in [4.69, 9.17) is 5.73 Å². The summed E-state index contributed by atoms with van der Waals surface area (Å²) in [5.74, 6) is -0.0465. The Morgan fingerprint density at radius 2 is 2.05 bits per heavy atom. The summed E-state index contributed by atoms with van der Waals surface area (Å²) in [6, 6.07) is 9.05. The van der Waals surface area contributed by atoms with Crippen molar-refractivity contribution in [2.24, 2.45) is 5.73 Å². The third-order valence-corrected chi connectivity index (χ3v) is 2.92. The number of para-hydroxylation sites is 1. The minimum absolute atomic E-state index is 0. The van der Waals surface area contributed by atoms with Crippen molar-refractivity contribution in [3.05, 3.63) is 46.2 Å². The molecule has 4 N–H and O–H groups in total. The number of nitrogens with one attached hydrogen (secondary N) is 2. The third-order valence-electron chi connectivity index (χ3n) is 2.92. The summed E-state index contributed by atoms with van der Waals surface area (Å²) < 4.78 is 0. The fourth-order valence-electron chi connectivity index (χ4n) is 1.97. The molecular formula is C14H18ClN3O2. The largest absolute Gasteiger partial charge is 0.352 e. The van der Waals surface area contributed by atoms with E-state index in [1.165, 1.54) is 6.07 Å². The predicted molar refractivity (Wildman–Crippen MR) is 82.0 cm³/mol. The summed E-state index contributed by atoms with van der Waals surface area (Å²) in [6.45, 7) is 0.856. The molecule has 2 rings (SSSR count). The van der Waals surface area contributed by atoms with Crippen LogP contribution in [0, 0.1) is 0 Å². The number of aromatic nitrogens is 1. The van der Waals surface area contributed by atoms with Gasteiger partial charge < -0.3 is 16.0 Å². The number of carbonyl (C=O) groups is 1. The van der Waals surface area contributed by atoms with Crippen molar-refractivity contribution in [1.29, 1.82) is 0 Å². The Balaban J connectivity index is 0.00000200. The molecule has 0 radical (unpaired) electrons. The van der Waals surface area contributed by atoms with Gasteiger partial charge in [0.15, 0.2) is 0 Å². The summed E-state index contributed by atoms with van der Waals surface area (Å²) in [6.07, 6.45) is 1.08. The molecule has 0 aliphatic rings. The number of H-pyrrole nitrogens is 1. The zero-order valence-electron chi connectivity index (χ0n) is 11.0. The second-order valence-corrected chi connectivity index (χ2v) is 4.37. The second-order valence-electron chi connectivity index (χ2n) is 4.37. The lowest BCUT2D eigenvalue weighted by Gasteiger charge is -2.08. The Bertz CT molecular complexity index is 640. The van der Waals surface area contributed by atoms with Gasteiger partial charge in [0.1, 0.15) is 0 Å². The molecule has 108 valence electrons. The van der Waals surface area contributed by atoms with Gasteiger partial charge in [0.2, 0.25) is 11.5 Å². The molecule has 20 heavy (non-hydrogen) atoms. The highest BCUT2D eigenvalue weighted by Gasteiger charge is 2.05. The van der Waals surface area contributed by atoms with Gasteiger partial charge in [-0.2, -0.15) is 0 Å². The number of fused-ring (bicyclic) bond motifs is 1. The van der Waals surface area contributed by atoms with Crippen molar-refractivity contribution in [2.75, 3.05) is 6.54 Å². The number of halogens is 1. The minimum atomic E-state index is -0.162. The van der Waals surface area contributed by atoms with Crippen LogP contribution >= 0.6 is 12.4 Å². The average Bonchev–Trinajstić information content (AvgIpc) is 2.42. The van der Waals surface area contributed by atoms with Crippen molar-refractivity contribution in [2.45, 2.75) is 19.4 Å². The maximum atomic E-state index is 11.5. The van der Waals surface area contributed by atoms with Crippen LogP contribution in [0.1, 0.15) is 18.4 Å². The molecule has 0 spiro atoms. The molecule has 0 atom stereocenters. The molecule has 1 aromatic carbocycles. The highest BCUT2D eigenvalue weighted by atomic mass is 35.5. The number of aromatic amines is 1. The first kappa shape index (κ1) is 16.2. The molecule has 2 aromatic rings. The van der Waals surface area contributed by atoms with Crippen molar-refractivity contribution >= 4 is 29.2 Å². The first-order valence-electron chi connectivity index (χ1n) is 6.28. The monoisotopic (exact) mass is 295 g/mol. The van der Waals surface area contributed by atoms with Crippen LogP contribution in [0.3, 0.4) is 0 Å². The van der Waals surface area contributed by atoms with E-state index in [0.717, 1.165) is 16.5 Å². The Kier molecular flexibility index (Phi) is 6.21. The van der Waals surface area contributed by atoms with Gasteiger partial charge in [-0.15, -0.1) is 12.4 Å². The highest BCUT2D eigenvalue weighted by Crippen LogP contribution is 2.14. The molecule has 0 saturated carbocycles. The molecule has 1 amide bonds. The van der Waals surface area contributed by atoms with Crippen LogP contribution in [-0.4, -0.2) is 17.4 Å². The normalized spacial score (nSPS) is 10.1. The average molecular weight is 296 g/mol. The molecule has 0 bridgehead atoms. The van der Waals surface area contributed by atoms with Gasteiger partial charge in [0.05, 0.1) is 0 Å². The third kappa shape index (κ3) is 4.08. The second kappa shape index (κ2) is 7.67. The number of amides is 1. The van der Waals surface area contributed by atoms with Crippen LogP contribution in [0.2, 0.25) is 0 Å². The van der Waals surface area contributed by atoms with E-state index < -0.39 is 0 Å². The van der Waals surface area contributed by atoms with Gasteiger partial charge in [-0.3, -0.25) is 9.59 Å². The Hall–Kier alpha value is -1.85. The lowest BCUT2D eigenvalue weighted by atomic mass is 10.1. The van der Waals surface area contributed by atoms with Crippen molar-refractivity contribution in [3.8, 4) is 0 Å². The lowest BCUT2D eigenvalue weighted by Crippen LogP contribution is -2.24. The molecule has 0 fully saturated rings. The summed E-state index contributed by atoms with van der Waals surface area (Å²) >= 11 is 0. The molecule has 0 saturated heterocycles. The van der Waals surface area contributed by atoms with Crippen molar-refractivity contribution < 1.29 is 4.79 Å². The maximum absolute atomic E-state index is 11.5. The number of nitrogens with two attached hydrogens (primary N) is 1. The van der Waals surface area contributed by atoms with E-state index >= 15 is 0 Å². The number of hydrogen-bond acceptors (Lipinski definition) is 3. The molecule has 0 unspecified atom stereocenters. The summed E-state index contributed by atoms with van der Waals surface area (Å²) in [5, 5.41) is 3.75. The topological polar surface area (TPSA) is 88.0 Å². The van der Waals surface area contributed by atoms with E-state index in [1.54, 1.807) is 0 Å². The zero-order chi connectivity index (χ0) is 13.7. The molecular weight excluding hydrogens is 278 g/mol. The molecule has 6 heteroatoms. The van der Waals surface area contributed by atoms with E-state index in [-0.39, 0.29) is 23.9 Å². The number of carbonyl (C=O) groups excluding carboxylic acids is 1. The lowest BCUT2D eigenvalue weighted by molar-refractivity contribution is -0.121. The van der Waals surface area contributed by atoms with Crippen LogP contribution in [0.4, 0.5) is 0 Å². The van der Waals surface area contributed by atoms with Crippen LogP contribution in [-0.2, 0) is 11.3 Å². The van der Waals surface area contributed by atoms with E-state index in [9.17, 15) is 9.59 Å². The molecule has 0 aliphatic heterocycles. The van der Waals surface area contributed by atoms with Crippen LogP contribution in [0.15, 0.2) is 35.1 Å². The van der Waals surface area contributed by atoms with Gasteiger partial charge in [-0.1, -0.05) is 18.2 Å². The number of rotatable bonds is 5. The van der Waals surface area contributed by atoms with E-state index in [0.29, 0.717) is 25.9 Å². The summed E-state index contributed by atoms with van der Waals surface area (Å²) in [7, 11) is 0. The maximum Gasteiger partial charge on any atom is 0.248 e. The number of benzene rings is 1. The fraction of sp³-hybridized carbons (Fsp3) is 0.286. The minimum Gasteiger partial charge on any atom is -0.352 e. The number of hydrogen-bond donors (Lipinski definition) is 3. The van der Waals surface area contributed by atoms with Gasteiger partial charge >= 0.3 is 0 Å². The van der Waals surface area contributed by atoms with Crippen LogP contribution in [0.5, 0.6) is 0 Å². The van der Waals surface area contributed by atoms with Gasteiger partial charge in [-0.25, -0.2) is 0 Å². The predicted octanol–water partition coefficient (Wildman–Crippen LogP) is 1.30. The standard InChI is InChI=1S/C14H17N3O2.ClH/c15-7-3-6-13(18)16-9-10-8-14(19)17-12-5-2-1-4-11(10)12;/h1-2,4-5,8H,3,6-7,9,15H2,(H,16,18)(H,17,19);1H. The SMILES string of the molecule is Cl.NCCCC(=O)NCc1cc(=O)[nH]c2ccccc12. The molecule has 1 aromatic heterocycles. The molecule has 5 nitrogen and oxygen atoms in total. The van der Waals surface area contributed by atoms with Crippen molar-refractivity contribution in [1.82, 2.24) is 10.3 Å². The Morgan fingerprint density at radius 1 is 1.30 bits per heavy atom. The molecule has 1 heterocycles. The quantitative estimate of drug-likeness (QED) is 0.777. The van der Waals surface area contributed by atoms with E-state index in [2.05, 4.69) is 10.3 Å². The summed E-state index contributed by atoms with van der Waals surface area (Å²) in [5.41, 5.74) is 6.79. The fourth-order valence-corrected chi connectivity index (χ4v) is 1.97. The first-order chi connectivity index (χ1) is 9.20. The first-order valence-corrected chi connectivity index (χ1v) is 6.28. The van der Waals surface area contributed by atoms with E-state index in [1.807, 2.05) is 24.3 Å². The smallest absolute Gasteiger partial charge is 0.248 e. The summed E-state index contributed by atoms with van der Waals surface area (Å²) in [4.78, 5) is 25.8.